The summed E-state index contributed by atoms with van der Waals surface area (Å²) in [5.74, 6) is 2.59. The number of aliphatic hydroxyl groups is 1. The van der Waals surface area contributed by atoms with Crippen LogP contribution in [0, 0.1) is 28.6 Å². The van der Waals surface area contributed by atoms with Crippen LogP contribution in [-0.4, -0.2) is 17.0 Å². The number of carbonyl (C=O) groups excluding carboxylic acids is 1. The minimum Gasteiger partial charge on any atom is -0.393 e. The molecule has 0 saturated heterocycles. The maximum atomic E-state index is 12.6. The molecule has 122 valence electrons. The van der Waals surface area contributed by atoms with Crippen molar-refractivity contribution >= 4 is 5.78 Å². The highest BCUT2D eigenvalue weighted by atomic mass is 16.3. The minimum atomic E-state index is -0.124. The van der Waals surface area contributed by atoms with E-state index in [1.165, 1.54) is 18.4 Å². The summed E-state index contributed by atoms with van der Waals surface area (Å²) < 4.78 is 0. The van der Waals surface area contributed by atoms with Gasteiger partial charge in [-0.25, -0.2) is 0 Å². The van der Waals surface area contributed by atoms with Crippen molar-refractivity contribution in [2.24, 2.45) is 28.6 Å². The molecule has 0 radical (unpaired) electrons. The number of fused-ring (bicyclic) bond motifs is 5. The molecule has 0 unspecified atom stereocenters. The van der Waals surface area contributed by atoms with E-state index in [0.29, 0.717) is 23.0 Å². The van der Waals surface area contributed by atoms with Crippen molar-refractivity contribution in [1.82, 2.24) is 0 Å². The summed E-state index contributed by atoms with van der Waals surface area (Å²) in [6.07, 6.45) is 12.0. The Balaban J connectivity index is 1.69. The second-order valence-electron chi connectivity index (χ2n) is 8.93. The van der Waals surface area contributed by atoms with Crippen LogP contribution in [0.2, 0.25) is 0 Å². The summed E-state index contributed by atoms with van der Waals surface area (Å²) in [5.41, 5.74) is 1.79. The molecule has 0 aliphatic heterocycles. The van der Waals surface area contributed by atoms with E-state index in [1.54, 1.807) is 0 Å². The summed E-state index contributed by atoms with van der Waals surface area (Å²) in [6, 6.07) is 0. The number of hydrogen-bond donors (Lipinski definition) is 1. The molecule has 3 fully saturated rings. The lowest BCUT2D eigenvalue weighted by molar-refractivity contribution is -0.145. The van der Waals surface area contributed by atoms with Gasteiger partial charge in [0.05, 0.1) is 6.10 Å². The summed E-state index contributed by atoms with van der Waals surface area (Å²) in [4.78, 5) is 12.6. The lowest BCUT2D eigenvalue weighted by Crippen LogP contribution is -2.54. The Kier molecular flexibility index (Phi) is 3.35. The standard InChI is InChI=1S/C20H30O2/c1-19-10-8-14(21)12-13(19)6-7-15-16-4-3-5-18(22)20(16,2)11-9-17(15)19/h6,14-17,21H,3-5,7-12H2,1-2H3/t14-,15-,16-,17-,19-,20-/m0/s1. The van der Waals surface area contributed by atoms with Gasteiger partial charge in [0.25, 0.3) is 0 Å². The average Bonchev–Trinajstić information content (AvgIpc) is 2.49. The van der Waals surface area contributed by atoms with Gasteiger partial charge >= 0.3 is 0 Å². The van der Waals surface area contributed by atoms with Crippen LogP contribution >= 0.6 is 0 Å². The molecule has 0 aromatic rings. The summed E-state index contributed by atoms with van der Waals surface area (Å²) in [6.45, 7) is 4.72. The first-order chi connectivity index (χ1) is 10.4. The summed E-state index contributed by atoms with van der Waals surface area (Å²) in [5, 5.41) is 10.0. The zero-order chi connectivity index (χ0) is 15.5. The Hall–Kier alpha value is -0.630. The largest absolute Gasteiger partial charge is 0.393 e. The number of Topliss-reactive ketones (excluding diaryl/α,β-unsaturated/α-hetero) is 1. The quantitative estimate of drug-likeness (QED) is 0.679. The van der Waals surface area contributed by atoms with Gasteiger partial charge in [-0.1, -0.05) is 25.5 Å². The Morgan fingerprint density at radius 1 is 1.09 bits per heavy atom. The predicted octanol–water partition coefficient (Wildman–Crippen LogP) is 4.27. The van der Waals surface area contributed by atoms with E-state index in [2.05, 4.69) is 19.9 Å². The molecule has 4 rings (SSSR count). The molecule has 1 N–H and O–H groups in total. The Morgan fingerprint density at radius 2 is 1.82 bits per heavy atom. The third kappa shape index (κ3) is 1.92. The molecule has 0 bridgehead atoms. The fourth-order valence-electron chi connectivity index (χ4n) is 6.61. The second kappa shape index (κ2) is 4.93. The average molecular weight is 302 g/mol. The van der Waals surface area contributed by atoms with E-state index in [9.17, 15) is 9.90 Å². The van der Waals surface area contributed by atoms with Crippen LogP contribution in [0.1, 0.15) is 71.6 Å². The van der Waals surface area contributed by atoms with E-state index < -0.39 is 0 Å². The van der Waals surface area contributed by atoms with Gasteiger partial charge in [-0.3, -0.25) is 4.79 Å². The molecule has 2 nitrogen and oxygen atoms in total. The molecule has 2 heteroatoms. The molecule has 0 aromatic heterocycles. The molecule has 22 heavy (non-hydrogen) atoms. The Bertz CT molecular complexity index is 522. The van der Waals surface area contributed by atoms with Gasteiger partial charge < -0.3 is 5.11 Å². The number of aliphatic hydroxyl groups excluding tert-OH is 1. The predicted molar refractivity (Wildman–Crippen MR) is 87.3 cm³/mol. The topological polar surface area (TPSA) is 37.3 Å². The van der Waals surface area contributed by atoms with Crippen LogP contribution in [0.5, 0.6) is 0 Å². The fraction of sp³-hybridized carbons (Fsp3) is 0.850. The normalized spacial score (nSPS) is 51.4. The maximum Gasteiger partial charge on any atom is 0.139 e. The molecule has 0 aromatic carbocycles. The molecule has 4 aliphatic rings. The zero-order valence-corrected chi connectivity index (χ0v) is 14.1. The monoisotopic (exact) mass is 302 g/mol. The van der Waals surface area contributed by atoms with E-state index >= 15 is 0 Å². The SMILES string of the molecule is C[C@]12CC[C@H](O)CC1=CC[C@@H]1[C@@H]2CC[C@]2(C)C(=O)CCC[C@@H]12. The first kappa shape index (κ1) is 14.9. The van der Waals surface area contributed by atoms with Crippen LogP contribution in [0.15, 0.2) is 11.6 Å². The number of carbonyl (C=O) groups is 1. The number of hydrogen-bond acceptors (Lipinski definition) is 2. The third-order valence-electron chi connectivity index (χ3n) is 8.02. The number of ketones is 1. The van der Waals surface area contributed by atoms with E-state index in [4.69, 9.17) is 0 Å². The molecule has 6 atom stereocenters. The third-order valence-corrected chi connectivity index (χ3v) is 8.02. The molecule has 3 saturated carbocycles. The van der Waals surface area contributed by atoms with Crippen LogP contribution in [-0.2, 0) is 4.79 Å². The second-order valence-corrected chi connectivity index (χ2v) is 8.93. The number of allylic oxidation sites excluding steroid dienone is 1. The first-order valence-electron chi connectivity index (χ1n) is 9.36. The van der Waals surface area contributed by atoms with Gasteiger partial charge in [0.2, 0.25) is 0 Å². The summed E-state index contributed by atoms with van der Waals surface area (Å²) in [7, 11) is 0. The van der Waals surface area contributed by atoms with Crippen molar-refractivity contribution in [2.45, 2.75) is 77.7 Å². The molecule has 0 heterocycles. The molecular weight excluding hydrogens is 272 g/mol. The van der Waals surface area contributed by atoms with Crippen molar-refractivity contribution < 1.29 is 9.90 Å². The van der Waals surface area contributed by atoms with Crippen LogP contribution in [0.3, 0.4) is 0 Å². The van der Waals surface area contributed by atoms with Crippen molar-refractivity contribution in [3.8, 4) is 0 Å². The van der Waals surface area contributed by atoms with E-state index in [-0.39, 0.29) is 11.5 Å². The number of rotatable bonds is 0. The van der Waals surface area contributed by atoms with Crippen molar-refractivity contribution in [3.05, 3.63) is 11.6 Å². The van der Waals surface area contributed by atoms with Gasteiger partial charge in [0.15, 0.2) is 0 Å². The molecular formula is C20H30O2. The van der Waals surface area contributed by atoms with Gasteiger partial charge in [0, 0.05) is 11.8 Å². The van der Waals surface area contributed by atoms with Crippen molar-refractivity contribution in [1.29, 1.82) is 0 Å². The van der Waals surface area contributed by atoms with Crippen LogP contribution in [0.4, 0.5) is 0 Å². The smallest absolute Gasteiger partial charge is 0.139 e. The van der Waals surface area contributed by atoms with E-state index in [1.807, 2.05) is 0 Å². The van der Waals surface area contributed by atoms with E-state index in [0.717, 1.165) is 50.9 Å². The maximum absolute atomic E-state index is 12.6. The molecule has 4 aliphatic carbocycles. The van der Waals surface area contributed by atoms with Crippen LogP contribution < -0.4 is 0 Å². The van der Waals surface area contributed by atoms with Crippen molar-refractivity contribution in [2.75, 3.05) is 0 Å². The van der Waals surface area contributed by atoms with Gasteiger partial charge in [-0.2, -0.15) is 0 Å². The minimum absolute atomic E-state index is 0.0324. The first-order valence-corrected chi connectivity index (χ1v) is 9.36. The van der Waals surface area contributed by atoms with Gasteiger partial charge in [-0.05, 0) is 74.5 Å². The fourth-order valence-corrected chi connectivity index (χ4v) is 6.61. The highest BCUT2D eigenvalue weighted by Crippen LogP contribution is 2.63. The summed E-state index contributed by atoms with van der Waals surface area (Å²) >= 11 is 0. The zero-order valence-electron chi connectivity index (χ0n) is 14.1. The molecule has 0 spiro atoms. The van der Waals surface area contributed by atoms with Crippen LogP contribution in [0.25, 0.3) is 0 Å². The van der Waals surface area contributed by atoms with Gasteiger partial charge in [0.1, 0.15) is 5.78 Å². The lowest BCUT2D eigenvalue weighted by atomic mass is 9.45. The Labute approximate surface area is 134 Å². The Morgan fingerprint density at radius 3 is 2.64 bits per heavy atom. The van der Waals surface area contributed by atoms with Gasteiger partial charge in [-0.15, -0.1) is 0 Å². The van der Waals surface area contributed by atoms with Crippen molar-refractivity contribution in [3.63, 3.8) is 0 Å². The molecule has 0 amide bonds. The highest BCUT2D eigenvalue weighted by molar-refractivity contribution is 5.85. The lowest BCUT2D eigenvalue weighted by Gasteiger charge is -2.59. The highest BCUT2D eigenvalue weighted by Gasteiger charge is 2.57.